The van der Waals surface area contributed by atoms with Gasteiger partial charge >= 0.3 is 5.69 Å². The van der Waals surface area contributed by atoms with E-state index in [2.05, 4.69) is 11.6 Å². The first-order chi connectivity index (χ1) is 8.04. The lowest BCUT2D eigenvalue weighted by atomic mass is 10.1. The third kappa shape index (κ3) is 2.97. The van der Waals surface area contributed by atoms with Gasteiger partial charge in [-0.25, -0.2) is 4.79 Å². The van der Waals surface area contributed by atoms with Crippen molar-refractivity contribution < 1.29 is 25.9 Å². The van der Waals surface area contributed by atoms with Gasteiger partial charge in [0.05, 0.1) is 6.61 Å². The van der Waals surface area contributed by atoms with E-state index < -0.39 is 24.1 Å². The van der Waals surface area contributed by atoms with Crippen LogP contribution in [0.15, 0.2) is 29.2 Å². The average molecular weight is 275 g/mol. The summed E-state index contributed by atoms with van der Waals surface area (Å²) in [4.78, 5) is 15.1. The fourth-order valence-corrected chi connectivity index (χ4v) is 1.70. The standard InChI is InChI=1S/C10H13N3O4.2H2O/c1-5-8(15)6(4-14)17-9(5)13-3-2-7(11)12-10(13)16;;/h2-3,6,8-9,14-15H,1,4H2,(H2,11,12,16);2*1H2/t6-,8+,9-;;/m1../s1. The highest BCUT2D eigenvalue weighted by Gasteiger charge is 2.38. The number of nitrogens with two attached hydrogens (primary N) is 1. The van der Waals surface area contributed by atoms with E-state index >= 15 is 0 Å². The van der Waals surface area contributed by atoms with Crippen LogP contribution in [0.3, 0.4) is 0 Å². The van der Waals surface area contributed by atoms with Crippen molar-refractivity contribution in [2.75, 3.05) is 12.3 Å². The number of anilines is 1. The number of hydrogen-bond acceptors (Lipinski definition) is 6. The van der Waals surface area contributed by atoms with Gasteiger partial charge in [0.1, 0.15) is 18.0 Å². The molecule has 1 saturated heterocycles. The topological polar surface area (TPSA) is 174 Å². The fraction of sp³-hybridized carbons (Fsp3) is 0.400. The lowest BCUT2D eigenvalue weighted by Crippen LogP contribution is -2.28. The lowest BCUT2D eigenvalue weighted by Gasteiger charge is -2.14. The molecular formula is C10H17N3O6. The Kier molecular flexibility index (Phi) is 5.81. The summed E-state index contributed by atoms with van der Waals surface area (Å²) in [6.45, 7) is 3.30. The van der Waals surface area contributed by atoms with Crippen LogP contribution in [0.4, 0.5) is 5.82 Å². The zero-order valence-corrected chi connectivity index (χ0v) is 9.98. The molecule has 2 rings (SSSR count). The number of aliphatic hydroxyl groups is 2. The van der Waals surface area contributed by atoms with Crippen molar-refractivity contribution in [2.24, 2.45) is 0 Å². The van der Waals surface area contributed by atoms with Gasteiger partial charge < -0.3 is 31.6 Å². The minimum Gasteiger partial charge on any atom is -0.412 e. The molecule has 9 heteroatoms. The first-order valence-electron chi connectivity index (χ1n) is 5.02. The Morgan fingerprint density at radius 1 is 1.53 bits per heavy atom. The number of aromatic nitrogens is 2. The van der Waals surface area contributed by atoms with Gasteiger partial charge in [-0.05, 0) is 6.07 Å². The lowest BCUT2D eigenvalue weighted by molar-refractivity contribution is -0.0447. The summed E-state index contributed by atoms with van der Waals surface area (Å²) in [5, 5.41) is 18.7. The first kappa shape index (κ1) is 17.2. The molecule has 0 radical (unpaired) electrons. The zero-order valence-electron chi connectivity index (χ0n) is 9.98. The predicted octanol–water partition coefficient (Wildman–Crippen LogP) is -3.02. The normalized spacial score (nSPS) is 25.6. The summed E-state index contributed by atoms with van der Waals surface area (Å²) in [5.74, 6) is 0.106. The molecular weight excluding hydrogens is 258 g/mol. The minimum absolute atomic E-state index is 0. The Morgan fingerprint density at radius 2 is 2.16 bits per heavy atom. The van der Waals surface area contributed by atoms with Crippen LogP contribution in [0.5, 0.6) is 0 Å². The third-order valence-electron chi connectivity index (χ3n) is 2.64. The smallest absolute Gasteiger partial charge is 0.351 e. The van der Waals surface area contributed by atoms with Gasteiger partial charge in [0.25, 0.3) is 0 Å². The molecule has 19 heavy (non-hydrogen) atoms. The molecule has 1 aromatic rings. The molecule has 9 nitrogen and oxygen atoms in total. The van der Waals surface area contributed by atoms with Crippen LogP contribution in [0.2, 0.25) is 0 Å². The van der Waals surface area contributed by atoms with Crippen LogP contribution in [-0.2, 0) is 4.74 Å². The summed E-state index contributed by atoms with van der Waals surface area (Å²) in [5.41, 5.74) is 5.07. The SMILES string of the molecule is C=C1[C@H](n2ccc(N)nc2=O)O[C@H](CO)[C@H]1O.O.O. The summed E-state index contributed by atoms with van der Waals surface area (Å²) in [7, 11) is 0. The predicted molar refractivity (Wildman–Crippen MR) is 66.3 cm³/mol. The van der Waals surface area contributed by atoms with Crippen molar-refractivity contribution >= 4 is 5.82 Å². The molecule has 0 aliphatic carbocycles. The van der Waals surface area contributed by atoms with Gasteiger partial charge in [0.2, 0.25) is 0 Å². The number of aliphatic hydroxyl groups excluding tert-OH is 2. The highest BCUT2D eigenvalue weighted by molar-refractivity contribution is 5.24. The second-order valence-electron chi connectivity index (χ2n) is 3.77. The van der Waals surface area contributed by atoms with E-state index in [-0.39, 0.29) is 23.4 Å². The van der Waals surface area contributed by atoms with E-state index in [9.17, 15) is 9.90 Å². The third-order valence-corrected chi connectivity index (χ3v) is 2.64. The fourth-order valence-electron chi connectivity index (χ4n) is 1.70. The van der Waals surface area contributed by atoms with E-state index in [1.807, 2.05) is 0 Å². The van der Waals surface area contributed by atoms with Crippen molar-refractivity contribution in [3.8, 4) is 0 Å². The molecule has 0 bridgehead atoms. The summed E-state index contributed by atoms with van der Waals surface area (Å²) >= 11 is 0. The van der Waals surface area contributed by atoms with Crippen molar-refractivity contribution in [1.29, 1.82) is 0 Å². The second-order valence-corrected chi connectivity index (χ2v) is 3.77. The van der Waals surface area contributed by atoms with Crippen molar-refractivity contribution in [3.63, 3.8) is 0 Å². The van der Waals surface area contributed by atoms with Gasteiger partial charge in [-0.15, -0.1) is 0 Å². The van der Waals surface area contributed by atoms with Gasteiger partial charge in [-0.3, -0.25) is 4.57 Å². The molecule has 1 aromatic heterocycles. The van der Waals surface area contributed by atoms with E-state index in [1.54, 1.807) is 0 Å². The van der Waals surface area contributed by atoms with Crippen LogP contribution in [0, 0.1) is 0 Å². The maximum absolute atomic E-state index is 11.6. The van der Waals surface area contributed by atoms with Crippen LogP contribution in [0.25, 0.3) is 0 Å². The molecule has 0 aromatic carbocycles. The molecule has 8 N–H and O–H groups in total. The van der Waals surface area contributed by atoms with Crippen LogP contribution in [0.1, 0.15) is 6.23 Å². The van der Waals surface area contributed by atoms with Crippen molar-refractivity contribution in [1.82, 2.24) is 9.55 Å². The maximum atomic E-state index is 11.6. The van der Waals surface area contributed by atoms with Crippen LogP contribution < -0.4 is 11.4 Å². The van der Waals surface area contributed by atoms with E-state index in [4.69, 9.17) is 15.6 Å². The van der Waals surface area contributed by atoms with E-state index in [0.29, 0.717) is 5.57 Å². The quantitative estimate of drug-likeness (QED) is 0.484. The highest BCUT2D eigenvalue weighted by atomic mass is 16.5. The van der Waals surface area contributed by atoms with Gasteiger partial charge in [-0.1, -0.05) is 6.58 Å². The molecule has 1 aliphatic rings. The largest absolute Gasteiger partial charge is 0.412 e. The molecule has 0 unspecified atom stereocenters. The average Bonchev–Trinajstić information content (AvgIpc) is 2.57. The van der Waals surface area contributed by atoms with E-state index in [1.165, 1.54) is 12.3 Å². The van der Waals surface area contributed by atoms with Gasteiger partial charge in [-0.2, -0.15) is 4.98 Å². The molecule has 0 spiro atoms. The monoisotopic (exact) mass is 275 g/mol. The molecule has 0 saturated carbocycles. The summed E-state index contributed by atoms with van der Waals surface area (Å²) < 4.78 is 6.49. The maximum Gasteiger partial charge on any atom is 0.351 e. The Hall–Kier alpha value is -1.78. The molecule has 0 amide bonds. The minimum atomic E-state index is -1.01. The summed E-state index contributed by atoms with van der Waals surface area (Å²) in [6.07, 6.45) is -1.21. The first-order valence-corrected chi connectivity index (χ1v) is 5.02. The Morgan fingerprint density at radius 3 is 2.63 bits per heavy atom. The number of rotatable bonds is 2. The van der Waals surface area contributed by atoms with E-state index in [0.717, 1.165) is 4.57 Å². The Bertz CT molecular complexity index is 502. The van der Waals surface area contributed by atoms with Crippen LogP contribution >= 0.6 is 0 Å². The van der Waals surface area contributed by atoms with Gasteiger partial charge in [0.15, 0.2) is 6.23 Å². The number of ether oxygens (including phenoxy) is 1. The molecule has 3 atom stereocenters. The molecule has 108 valence electrons. The highest BCUT2D eigenvalue weighted by Crippen LogP contribution is 2.31. The van der Waals surface area contributed by atoms with Crippen molar-refractivity contribution in [3.05, 3.63) is 34.9 Å². The van der Waals surface area contributed by atoms with Crippen molar-refractivity contribution in [2.45, 2.75) is 18.4 Å². The molecule has 1 aliphatic heterocycles. The molecule has 2 heterocycles. The number of nitrogen functional groups attached to an aromatic ring is 1. The second kappa shape index (κ2) is 6.41. The zero-order chi connectivity index (χ0) is 12.6. The number of nitrogens with zero attached hydrogens (tertiary/aromatic N) is 2. The summed E-state index contributed by atoms with van der Waals surface area (Å²) in [6, 6.07) is 1.44. The number of hydrogen-bond donors (Lipinski definition) is 3. The molecule has 1 fully saturated rings. The van der Waals surface area contributed by atoms with Gasteiger partial charge in [0, 0.05) is 11.8 Å². The van der Waals surface area contributed by atoms with Crippen LogP contribution in [-0.4, -0.2) is 49.5 Å². The Labute approximate surface area is 108 Å². The Balaban J connectivity index is 0.00000162.